The molecule has 0 spiro atoms. The molecule has 5 rings (SSSR count). The maximum absolute atomic E-state index is 14.2. The van der Waals surface area contributed by atoms with Gasteiger partial charge in [0.15, 0.2) is 0 Å². The SMILES string of the molecule is CN[C@H](C(=O)N[C@H](C(=O)N(C)[C@H](/C=C(\C)C(=O)O)C(C)C)C(C)(C)C)C(C)(C)c1cccc(NC(=O)OCc2ccc(NC(=O)[C@H](CCCNC(N)=O)NC(=O)[C@@H](NC(=O)CCC(=O)N3Cc4ccccc4C=Cc4ccccc43)C(C)C)cc2)c1. The van der Waals surface area contributed by atoms with Gasteiger partial charge in [-0.15, -0.1) is 0 Å². The number of carbonyl (C=O) groups excluding carboxylic acids is 8. The summed E-state index contributed by atoms with van der Waals surface area (Å²) in [5, 5.41) is 29.2. The number of anilines is 3. The highest BCUT2D eigenvalue weighted by Gasteiger charge is 2.42. The zero-order chi connectivity index (χ0) is 63.6. The number of nitrogens with zero attached hydrogens (tertiary/aromatic N) is 2. The molecule has 0 saturated carbocycles. The molecule has 5 atom stereocenters. The molecule has 21 nitrogen and oxygen atoms in total. The van der Waals surface area contributed by atoms with Crippen molar-refractivity contribution in [3.63, 3.8) is 0 Å². The Labute approximate surface area is 504 Å². The van der Waals surface area contributed by atoms with Crippen molar-refractivity contribution in [3.8, 4) is 0 Å². The Balaban J connectivity index is 1.18. The van der Waals surface area contributed by atoms with E-state index in [9.17, 15) is 48.3 Å². The first-order valence-electron chi connectivity index (χ1n) is 28.9. The van der Waals surface area contributed by atoms with E-state index >= 15 is 0 Å². The van der Waals surface area contributed by atoms with Gasteiger partial charge in [0.1, 0.15) is 24.7 Å². The van der Waals surface area contributed by atoms with Crippen molar-refractivity contribution in [2.75, 3.05) is 36.2 Å². The monoisotopic (exact) mass is 1180 g/mol. The molecule has 9 amide bonds. The molecule has 0 saturated heterocycles. The lowest BCUT2D eigenvalue weighted by Gasteiger charge is -2.40. The first-order valence-corrected chi connectivity index (χ1v) is 28.9. The van der Waals surface area contributed by atoms with Crippen molar-refractivity contribution < 1.29 is 53.0 Å². The van der Waals surface area contributed by atoms with Gasteiger partial charge in [0.2, 0.25) is 35.4 Å². The summed E-state index contributed by atoms with van der Waals surface area (Å²) < 4.78 is 5.56. The summed E-state index contributed by atoms with van der Waals surface area (Å²) in [6.45, 7) is 18.3. The van der Waals surface area contributed by atoms with Gasteiger partial charge in [0.25, 0.3) is 0 Å². The van der Waals surface area contributed by atoms with Crippen molar-refractivity contribution in [1.82, 2.24) is 31.5 Å². The van der Waals surface area contributed by atoms with Crippen molar-refractivity contribution in [1.29, 1.82) is 0 Å². The predicted octanol–water partition coefficient (Wildman–Crippen LogP) is 7.86. The minimum Gasteiger partial charge on any atom is -0.478 e. The van der Waals surface area contributed by atoms with Crippen LogP contribution in [0.3, 0.4) is 0 Å². The minimum atomic E-state index is -1.12. The van der Waals surface area contributed by atoms with Crippen LogP contribution in [0.2, 0.25) is 0 Å². The van der Waals surface area contributed by atoms with Gasteiger partial charge in [0, 0.05) is 48.8 Å². The zero-order valence-electron chi connectivity index (χ0n) is 51.5. The number of primary amides is 1. The lowest BCUT2D eigenvalue weighted by atomic mass is 9.76. The molecule has 1 aliphatic heterocycles. The van der Waals surface area contributed by atoms with Crippen LogP contribution >= 0.6 is 0 Å². The standard InChI is InChI=1S/C65H86N10O11/c1-39(2)51(35-41(5)61(82)83)74(12)60(81)56(64(6,7)8)73-59(80)55(67-11)65(9,10)46-22-17-23-48(36-46)70-63(85)86-38-42-26-30-47(31-27-42)69-57(78)49(24-18-34-68-62(66)84)71-58(79)54(40(3)4)72-52(76)32-33-53(77)75-37-45-21-14-13-19-43(45)28-29-44-20-15-16-25-50(44)75/h13-17,19-23,25-31,35-36,39-40,49,51,54-56,67H,18,24,32-34,37-38H2,1-12H3,(H,69,78)(H,70,85)(H,71,79)(H,72,76)(H,73,80)(H,82,83)(H3,66,68,84)/b29-28?,41-35+/t49-,51+,54-,55+,56+/m0/s1. The number of hydrogen-bond acceptors (Lipinski definition) is 11. The summed E-state index contributed by atoms with van der Waals surface area (Å²) in [7, 11) is 3.24. The Bertz CT molecular complexity index is 3150. The van der Waals surface area contributed by atoms with E-state index in [4.69, 9.17) is 10.5 Å². The van der Waals surface area contributed by atoms with E-state index in [1.807, 2.05) is 115 Å². The third-order valence-corrected chi connectivity index (χ3v) is 15.1. The first-order chi connectivity index (χ1) is 40.5. The molecule has 0 bridgehead atoms. The molecule has 0 radical (unpaired) electrons. The number of urea groups is 1. The summed E-state index contributed by atoms with van der Waals surface area (Å²) in [4.78, 5) is 123. The van der Waals surface area contributed by atoms with Gasteiger partial charge >= 0.3 is 18.1 Å². The Morgan fingerprint density at radius 2 is 1.38 bits per heavy atom. The highest BCUT2D eigenvalue weighted by molar-refractivity contribution is 6.00. The number of fused-ring (bicyclic) bond motifs is 2. The number of rotatable bonds is 26. The fourth-order valence-corrected chi connectivity index (χ4v) is 10.1. The van der Waals surface area contributed by atoms with Crippen molar-refractivity contribution in [2.24, 2.45) is 23.0 Å². The van der Waals surface area contributed by atoms with Gasteiger partial charge in [-0.3, -0.25) is 34.1 Å². The van der Waals surface area contributed by atoms with Crippen LogP contribution in [-0.2, 0) is 56.9 Å². The molecule has 1 heterocycles. The van der Waals surface area contributed by atoms with Crippen LogP contribution in [0.4, 0.5) is 26.7 Å². The van der Waals surface area contributed by atoms with E-state index in [0.29, 0.717) is 34.7 Å². The summed E-state index contributed by atoms with van der Waals surface area (Å²) in [6.07, 6.45) is 4.77. The van der Waals surface area contributed by atoms with Crippen LogP contribution in [0.15, 0.2) is 109 Å². The number of likely N-dealkylation sites (N-methyl/N-ethyl adjacent to an activating group) is 2. The van der Waals surface area contributed by atoms with Crippen LogP contribution in [0, 0.1) is 17.3 Å². The van der Waals surface area contributed by atoms with Crippen LogP contribution in [0.25, 0.3) is 12.2 Å². The number of carboxylic acids is 1. The fourth-order valence-electron chi connectivity index (χ4n) is 10.1. The van der Waals surface area contributed by atoms with E-state index in [-0.39, 0.29) is 62.1 Å². The first kappa shape index (κ1) is 67.9. The molecular weight excluding hydrogens is 1100 g/mol. The Morgan fingerprint density at radius 1 is 0.733 bits per heavy atom. The Morgan fingerprint density at radius 3 is 2.01 bits per heavy atom. The third-order valence-electron chi connectivity index (χ3n) is 15.1. The molecule has 21 heteroatoms. The lowest BCUT2D eigenvalue weighted by Crippen LogP contribution is -2.61. The molecule has 0 fully saturated rings. The average molecular weight is 1180 g/mol. The van der Waals surface area contributed by atoms with Crippen molar-refractivity contribution >= 4 is 82.8 Å². The van der Waals surface area contributed by atoms with E-state index in [1.54, 1.807) is 81.4 Å². The number of nitrogens with one attached hydrogen (secondary N) is 7. The maximum atomic E-state index is 14.2. The molecule has 0 aliphatic carbocycles. The Kier molecular flexibility index (Phi) is 24.3. The van der Waals surface area contributed by atoms with Crippen molar-refractivity contribution in [3.05, 3.63) is 137 Å². The van der Waals surface area contributed by atoms with E-state index in [0.717, 1.165) is 16.7 Å². The summed E-state index contributed by atoms with van der Waals surface area (Å²) in [5.74, 6) is -4.45. The number of para-hydroxylation sites is 1. The maximum Gasteiger partial charge on any atom is 0.411 e. The number of hydrogen-bond donors (Lipinski definition) is 9. The van der Waals surface area contributed by atoms with E-state index in [2.05, 4.69) is 37.2 Å². The topological polar surface area (TPSA) is 300 Å². The molecule has 1 aliphatic rings. The van der Waals surface area contributed by atoms with E-state index in [1.165, 1.54) is 11.8 Å². The molecule has 4 aromatic carbocycles. The van der Waals surface area contributed by atoms with Gasteiger partial charge in [-0.2, -0.15) is 0 Å². The molecule has 4 aromatic rings. The number of amides is 9. The highest BCUT2D eigenvalue weighted by Crippen LogP contribution is 2.32. The van der Waals surface area contributed by atoms with Crippen LogP contribution in [0.5, 0.6) is 0 Å². The minimum absolute atomic E-state index is 0.0860. The second-order valence-corrected chi connectivity index (χ2v) is 23.9. The zero-order valence-corrected chi connectivity index (χ0v) is 51.5. The molecule has 462 valence electrons. The largest absolute Gasteiger partial charge is 0.478 e. The number of carboxylic acid groups (broad SMARTS) is 1. The number of nitrogens with two attached hydrogens (primary N) is 1. The lowest BCUT2D eigenvalue weighted by molar-refractivity contribution is -0.141. The predicted molar refractivity (Wildman–Crippen MR) is 333 cm³/mol. The van der Waals surface area contributed by atoms with Gasteiger partial charge in [-0.25, -0.2) is 14.4 Å². The van der Waals surface area contributed by atoms with Crippen LogP contribution in [0.1, 0.15) is 123 Å². The van der Waals surface area contributed by atoms with Gasteiger partial charge in [-0.05, 0) is 102 Å². The molecule has 0 unspecified atom stereocenters. The molecule has 0 aromatic heterocycles. The molecule has 86 heavy (non-hydrogen) atoms. The molecular formula is C65H86N10O11. The van der Waals surface area contributed by atoms with Crippen LogP contribution in [-0.4, -0.2) is 114 Å². The van der Waals surface area contributed by atoms with Crippen molar-refractivity contribution in [2.45, 2.75) is 144 Å². The smallest absolute Gasteiger partial charge is 0.411 e. The number of aliphatic carboxylic acids is 1. The average Bonchev–Trinajstić information content (AvgIpc) is 3.59. The number of ether oxygens (including phenoxy) is 1. The van der Waals surface area contributed by atoms with Gasteiger partial charge in [-0.1, -0.05) is 147 Å². The summed E-state index contributed by atoms with van der Waals surface area (Å²) >= 11 is 0. The number of benzene rings is 4. The van der Waals surface area contributed by atoms with Crippen LogP contribution < -0.4 is 47.9 Å². The second-order valence-electron chi connectivity index (χ2n) is 23.9. The van der Waals surface area contributed by atoms with E-state index < -0.39 is 88.7 Å². The highest BCUT2D eigenvalue weighted by atomic mass is 16.5. The van der Waals surface area contributed by atoms with Gasteiger partial charge < -0.3 is 57.3 Å². The fraction of sp³-hybridized carbons (Fsp3) is 0.431. The third kappa shape index (κ3) is 19.1. The number of carbonyl (C=O) groups is 9. The van der Waals surface area contributed by atoms with Gasteiger partial charge in [0.05, 0.1) is 24.3 Å². The molecule has 10 N–H and O–H groups in total. The quantitative estimate of drug-likeness (QED) is 0.0214. The second kappa shape index (κ2) is 30.8. The summed E-state index contributed by atoms with van der Waals surface area (Å²) in [6, 6.07) is 23.4. The normalized spacial score (nSPS) is 14.1. The Hall–Kier alpha value is -8.85. The summed E-state index contributed by atoms with van der Waals surface area (Å²) in [5.41, 5.74) is 9.23.